The van der Waals surface area contributed by atoms with Gasteiger partial charge in [0.25, 0.3) is 0 Å². The number of benzene rings is 1. The standard InChI is InChI=1S/C12H19NOSi/c1-11(12-8-6-5-7-9-12)13-14-10-15(2,3)4/h5-9H,10H2,1-4H3/b13-11+. The van der Waals surface area contributed by atoms with Gasteiger partial charge in [-0.2, -0.15) is 0 Å². The second-order valence-corrected chi connectivity index (χ2v) is 10.3. The third-order valence-corrected chi connectivity index (χ3v) is 2.89. The predicted octanol–water partition coefficient (Wildman–Crippen LogP) is 3.30. The van der Waals surface area contributed by atoms with Crippen molar-refractivity contribution in [1.29, 1.82) is 0 Å². The minimum absolute atomic E-state index is 0.775. The van der Waals surface area contributed by atoms with Crippen molar-refractivity contribution in [2.24, 2.45) is 5.16 Å². The molecule has 0 saturated heterocycles. The topological polar surface area (TPSA) is 21.6 Å². The second-order valence-electron chi connectivity index (χ2n) is 4.88. The highest BCUT2D eigenvalue weighted by Gasteiger charge is 2.13. The Kier molecular flexibility index (Phi) is 4.09. The quantitative estimate of drug-likeness (QED) is 0.434. The molecule has 0 saturated carbocycles. The van der Waals surface area contributed by atoms with Crippen LogP contribution < -0.4 is 0 Å². The summed E-state index contributed by atoms with van der Waals surface area (Å²) in [6.07, 6.45) is 0.775. The number of hydrogen-bond acceptors (Lipinski definition) is 2. The van der Waals surface area contributed by atoms with Crippen LogP contribution in [0.5, 0.6) is 0 Å². The van der Waals surface area contributed by atoms with E-state index in [0.717, 1.165) is 17.5 Å². The summed E-state index contributed by atoms with van der Waals surface area (Å²) in [5.74, 6) is 0. The van der Waals surface area contributed by atoms with Gasteiger partial charge in [-0.3, -0.25) is 0 Å². The summed E-state index contributed by atoms with van der Waals surface area (Å²) in [5.41, 5.74) is 2.06. The first-order valence-corrected chi connectivity index (χ1v) is 8.92. The van der Waals surface area contributed by atoms with Gasteiger partial charge in [0.1, 0.15) is 6.23 Å². The Morgan fingerprint density at radius 1 is 1.20 bits per heavy atom. The minimum atomic E-state index is -1.15. The van der Waals surface area contributed by atoms with Gasteiger partial charge in [-0.25, -0.2) is 0 Å². The van der Waals surface area contributed by atoms with Crippen LogP contribution in [-0.4, -0.2) is 20.0 Å². The Morgan fingerprint density at radius 2 is 1.80 bits per heavy atom. The lowest BCUT2D eigenvalue weighted by atomic mass is 10.1. The Bertz CT molecular complexity index is 327. The maximum absolute atomic E-state index is 5.36. The summed E-state index contributed by atoms with van der Waals surface area (Å²) in [6.45, 7) is 8.76. The molecule has 0 amide bonds. The molecule has 82 valence electrons. The van der Waals surface area contributed by atoms with Crippen LogP contribution in [0.3, 0.4) is 0 Å². The molecule has 0 radical (unpaired) electrons. The van der Waals surface area contributed by atoms with E-state index in [1.165, 1.54) is 0 Å². The van der Waals surface area contributed by atoms with E-state index in [-0.39, 0.29) is 0 Å². The van der Waals surface area contributed by atoms with Crippen LogP contribution in [0.15, 0.2) is 35.5 Å². The van der Waals surface area contributed by atoms with Gasteiger partial charge >= 0.3 is 0 Å². The molecule has 1 aromatic rings. The first kappa shape index (κ1) is 12.0. The van der Waals surface area contributed by atoms with Crippen molar-refractivity contribution in [2.45, 2.75) is 26.6 Å². The highest BCUT2D eigenvalue weighted by molar-refractivity contribution is 6.76. The predicted molar refractivity (Wildman–Crippen MR) is 68.0 cm³/mol. The Morgan fingerprint density at radius 3 is 2.33 bits per heavy atom. The Labute approximate surface area is 93.0 Å². The van der Waals surface area contributed by atoms with Crippen molar-refractivity contribution >= 4 is 13.8 Å². The van der Waals surface area contributed by atoms with Crippen LogP contribution >= 0.6 is 0 Å². The minimum Gasteiger partial charge on any atom is -0.399 e. The van der Waals surface area contributed by atoms with Crippen molar-refractivity contribution in [3.63, 3.8) is 0 Å². The first-order valence-electron chi connectivity index (χ1n) is 5.21. The lowest BCUT2D eigenvalue weighted by Crippen LogP contribution is -2.27. The highest BCUT2D eigenvalue weighted by Crippen LogP contribution is 2.04. The molecule has 0 aliphatic carbocycles. The SMILES string of the molecule is C/C(=N\OC[Si](C)(C)C)c1ccccc1. The van der Waals surface area contributed by atoms with Gasteiger partial charge in [-0.15, -0.1) is 0 Å². The smallest absolute Gasteiger partial charge is 0.105 e. The van der Waals surface area contributed by atoms with Crippen molar-refractivity contribution in [3.8, 4) is 0 Å². The molecule has 2 nitrogen and oxygen atoms in total. The van der Waals surface area contributed by atoms with E-state index in [2.05, 4.69) is 24.8 Å². The third kappa shape index (κ3) is 4.79. The average molecular weight is 221 g/mol. The number of nitrogens with zero attached hydrogens (tertiary/aromatic N) is 1. The van der Waals surface area contributed by atoms with Crippen molar-refractivity contribution in [3.05, 3.63) is 35.9 Å². The Hall–Kier alpha value is -1.09. The molecular weight excluding hydrogens is 202 g/mol. The lowest BCUT2D eigenvalue weighted by molar-refractivity contribution is 0.186. The van der Waals surface area contributed by atoms with E-state index in [1.54, 1.807) is 0 Å². The van der Waals surface area contributed by atoms with Crippen molar-refractivity contribution in [2.75, 3.05) is 6.23 Å². The molecule has 0 N–H and O–H groups in total. The zero-order valence-corrected chi connectivity index (χ0v) is 10.9. The number of hydrogen-bond donors (Lipinski definition) is 0. The molecule has 0 heterocycles. The van der Waals surface area contributed by atoms with E-state index in [4.69, 9.17) is 4.84 Å². The molecule has 0 aromatic heterocycles. The van der Waals surface area contributed by atoms with Crippen LogP contribution in [0.25, 0.3) is 0 Å². The molecule has 0 bridgehead atoms. The zero-order chi connectivity index (χ0) is 11.3. The largest absolute Gasteiger partial charge is 0.399 e. The number of oxime groups is 1. The average Bonchev–Trinajstić information content (AvgIpc) is 2.17. The molecule has 15 heavy (non-hydrogen) atoms. The van der Waals surface area contributed by atoms with Gasteiger partial charge < -0.3 is 4.84 Å². The summed E-state index contributed by atoms with van der Waals surface area (Å²) < 4.78 is 0. The first-order chi connectivity index (χ1) is 6.99. The maximum atomic E-state index is 5.36. The maximum Gasteiger partial charge on any atom is 0.105 e. The van der Waals surface area contributed by atoms with Gasteiger partial charge in [-0.05, 0) is 12.5 Å². The van der Waals surface area contributed by atoms with Gasteiger partial charge in [0.05, 0.1) is 13.8 Å². The second kappa shape index (κ2) is 5.12. The van der Waals surface area contributed by atoms with Crippen LogP contribution in [0.4, 0.5) is 0 Å². The van der Waals surface area contributed by atoms with Crippen LogP contribution in [0.1, 0.15) is 12.5 Å². The molecule has 1 rings (SSSR count). The molecule has 0 atom stereocenters. The molecule has 0 spiro atoms. The fourth-order valence-corrected chi connectivity index (χ4v) is 1.51. The van der Waals surface area contributed by atoms with E-state index in [0.29, 0.717) is 0 Å². The number of rotatable bonds is 4. The van der Waals surface area contributed by atoms with E-state index in [1.807, 2.05) is 37.3 Å². The third-order valence-electron chi connectivity index (χ3n) is 1.89. The fraction of sp³-hybridized carbons (Fsp3) is 0.417. The summed E-state index contributed by atoms with van der Waals surface area (Å²) in [7, 11) is -1.15. The van der Waals surface area contributed by atoms with Gasteiger partial charge in [-0.1, -0.05) is 55.1 Å². The van der Waals surface area contributed by atoms with Gasteiger partial charge in [0.2, 0.25) is 0 Å². The summed E-state index contributed by atoms with van der Waals surface area (Å²) in [5, 5.41) is 4.13. The lowest BCUT2D eigenvalue weighted by Gasteiger charge is -2.13. The summed E-state index contributed by atoms with van der Waals surface area (Å²) >= 11 is 0. The zero-order valence-electron chi connectivity index (χ0n) is 9.95. The van der Waals surface area contributed by atoms with Crippen LogP contribution in [-0.2, 0) is 4.84 Å². The van der Waals surface area contributed by atoms with Gasteiger partial charge in [0, 0.05) is 0 Å². The molecule has 0 unspecified atom stereocenters. The van der Waals surface area contributed by atoms with Crippen molar-refractivity contribution < 1.29 is 4.84 Å². The monoisotopic (exact) mass is 221 g/mol. The molecular formula is C12H19NOSi. The van der Waals surface area contributed by atoms with Crippen LogP contribution in [0.2, 0.25) is 19.6 Å². The van der Waals surface area contributed by atoms with Crippen molar-refractivity contribution in [1.82, 2.24) is 0 Å². The molecule has 0 aliphatic rings. The molecule has 3 heteroatoms. The highest BCUT2D eigenvalue weighted by atomic mass is 28.3. The van der Waals surface area contributed by atoms with E-state index < -0.39 is 8.07 Å². The Balaban J connectivity index is 2.54. The molecule has 0 fully saturated rings. The summed E-state index contributed by atoms with van der Waals surface area (Å²) in [4.78, 5) is 5.36. The fourth-order valence-electron chi connectivity index (χ4n) is 1.05. The van der Waals surface area contributed by atoms with E-state index >= 15 is 0 Å². The molecule has 1 aromatic carbocycles. The summed E-state index contributed by atoms with van der Waals surface area (Å²) in [6, 6.07) is 10.1. The van der Waals surface area contributed by atoms with Gasteiger partial charge in [0.15, 0.2) is 0 Å². The van der Waals surface area contributed by atoms with E-state index in [9.17, 15) is 0 Å². The van der Waals surface area contributed by atoms with Crippen LogP contribution in [0, 0.1) is 0 Å². The normalized spacial score (nSPS) is 12.7. The molecule has 0 aliphatic heterocycles.